The quantitative estimate of drug-likeness (QED) is 0.847. The number of aromatic amines is 1. The molecule has 1 aliphatic heterocycles. The zero-order chi connectivity index (χ0) is 12.6. The minimum absolute atomic E-state index is 0.0261. The fourth-order valence-electron chi connectivity index (χ4n) is 2.37. The fraction of sp³-hybridized carbons (Fsp3) is 0.462. The van der Waals surface area contributed by atoms with Crippen LogP contribution >= 0.6 is 0 Å². The van der Waals surface area contributed by atoms with Crippen LogP contribution in [-0.4, -0.2) is 31.3 Å². The molecule has 1 fully saturated rings. The van der Waals surface area contributed by atoms with Crippen LogP contribution in [0.5, 0.6) is 0 Å². The minimum Gasteiger partial charge on any atom is -0.408 e. The van der Waals surface area contributed by atoms with Gasteiger partial charge in [-0.25, -0.2) is 4.79 Å². The molecular formula is C13H16N2O3. The van der Waals surface area contributed by atoms with Crippen LogP contribution in [0.25, 0.3) is 11.1 Å². The second-order valence-corrected chi connectivity index (χ2v) is 4.78. The average molecular weight is 248 g/mol. The molecule has 5 nitrogen and oxygen atoms in total. The molecule has 5 heteroatoms. The zero-order valence-corrected chi connectivity index (χ0v) is 10.3. The molecule has 0 spiro atoms. The summed E-state index contributed by atoms with van der Waals surface area (Å²) < 4.78 is 10.4. The number of ether oxygens (including phenoxy) is 1. The van der Waals surface area contributed by atoms with Gasteiger partial charge in [0, 0.05) is 6.54 Å². The first-order valence-electron chi connectivity index (χ1n) is 6.15. The molecule has 2 N–H and O–H groups in total. The molecule has 1 saturated heterocycles. The van der Waals surface area contributed by atoms with Crippen LogP contribution < -0.4 is 11.1 Å². The van der Waals surface area contributed by atoms with E-state index in [1.165, 1.54) is 5.56 Å². The predicted molar refractivity (Wildman–Crippen MR) is 67.9 cm³/mol. The normalized spacial score (nSPS) is 17.8. The highest BCUT2D eigenvalue weighted by Crippen LogP contribution is 2.33. The van der Waals surface area contributed by atoms with E-state index in [9.17, 15) is 4.79 Å². The van der Waals surface area contributed by atoms with Crippen LogP contribution in [0.2, 0.25) is 0 Å². The SMILES string of the molecule is CCNCC1(c2ccc3oc(=O)[nH]c3c2)COC1. The van der Waals surface area contributed by atoms with E-state index in [1.54, 1.807) is 0 Å². The van der Waals surface area contributed by atoms with Crippen molar-refractivity contribution in [1.82, 2.24) is 10.3 Å². The second-order valence-electron chi connectivity index (χ2n) is 4.78. The van der Waals surface area contributed by atoms with Gasteiger partial charge in [0.15, 0.2) is 5.58 Å². The molecular weight excluding hydrogens is 232 g/mol. The predicted octanol–water partition coefficient (Wildman–Crippen LogP) is 0.999. The van der Waals surface area contributed by atoms with Crippen LogP contribution in [0, 0.1) is 0 Å². The second kappa shape index (κ2) is 4.26. The summed E-state index contributed by atoms with van der Waals surface area (Å²) in [6, 6.07) is 5.84. The lowest BCUT2D eigenvalue weighted by atomic mass is 9.78. The molecule has 0 unspecified atom stereocenters. The van der Waals surface area contributed by atoms with Gasteiger partial charge in [0.2, 0.25) is 0 Å². The van der Waals surface area contributed by atoms with Gasteiger partial charge in [0.05, 0.1) is 24.1 Å². The number of likely N-dealkylation sites (N-methyl/N-ethyl adjacent to an activating group) is 1. The van der Waals surface area contributed by atoms with Crippen molar-refractivity contribution in [1.29, 1.82) is 0 Å². The first kappa shape index (κ1) is 11.5. The van der Waals surface area contributed by atoms with E-state index in [0.717, 1.165) is 18.6 Å². The van der Waals surface area contributed by atoms with Crippen molar-refractivity contribution in [2.24, 2.45) is 0 Å². The minimum atomic E-state index is -0.409. The molecule has 0 radical (unpaired) electrons. The van der Waals surface area contributed by atoms with Crippen LogP contribution in [0.15, 0.2) is 27.4 Å². The lowest BCUT2D eigenvalue weighted by Crippen LogP contribution is -2.53. The summed E-state index contributed by atoms with van der Waals surface area (Å²) in [5.74, 6) is -0.409. The molecule has 0 atom stereocenters. The number of aromatic nitrogens is 1. The summed E-state index contributed by atoms with van der Waals surface area (Å²) in [6.45, 7) is 5.34. The number of oxazole rings is 1. The van der Waals surface area contributed by atoms with Crippen molar-refractivity contribution in [3.63, 3.8) is 0 Å². The van der Waals surface area contributed by atoms with Crippen LogP contribution in [0.4, 0.5) is 0 Å². The molecule has 0 saturated carbocycles. The molecule has 0 aliphatic carbocycles. The maximum atomic E-state index is 11.1. The number of hydrogen-bond acceptors (Lipinski definition) is 4. The Morgan fingerprint density at radius 3 is 2.94 bits per heavy atom. The summed E-state index contributed by atoms with van der Waals surface area (Å²) in [7, 11) is 0. The van der Waals surface area contributed by atoms with Gasteiger partial charge in [-0.3, -0.25) is 4.98 Å². The van der Waals surface area contributed by atoms with E-state index in [4.69, 9.17) is 9.15 Å². The Morgan fingerprint density at radius 1 is 1.44 bits per heavy atom. The molecule has 3 rings (SSSR count). The smallest absolute Gasteiger partial charge is 0.408 e. The van der Waals surface area contributed by atoms with E-state index < -0.39 is 5.76 Å². The first-order valence-corrected chi connectivity index (χ1v) is 6.15. The largest absolute Gasteiger partial charge is 0.417 e. The van der Waals surface area contributed by atoms with Gasteiger partial charge in [-0.05, 0) is 24.2 Å². The first-order chi connectivity index (χ1) is 8.73. The van der Waals surface area contributed by atoms with Crippen molar-refractivity contribution in [2.75, 3.05) is 26.3 Å². The van der Waals surface area contributed by atoms with Gasteiger partial charge < -0.3 is 14.5 Å². The summed E-state index contributed by atoms with van der Waals surface area (Å²) in [6.07, 6.45) is 0. The highest BCUT2D eigenvalue weighted by atomic mass is 16.5. The fourth-order valence-corrected chi connectivity index (χ4v) is 2.37. The van der Waals surface area contributed by atoms with E-state index in [2.05, 4.69) is 17.2 Å². The van der Waals surface area contributed by atoms with Crippen LogP contribution in [-0.2, 0) is 10.2 Å². The van der Waals surface area contributed by atoms with Gasteiger partial charge in [-0.1, -0.05) is 13.0 Å². The van der Waals surface area contributed by atoms with Crippen molar-refractivity contribution < 1.29 is 9.15 Å². The van der Waals surface area contributed by atoms with Crippen LogP contribution in [0.1, 0.15) is 12.5 Å². The van der Waals surface area contributed by atoms with Gasteiger partial charge in [-0.15, -0.1) is 0 Å². The van der Waals surface area contributed by atoms with E-state index in [1.807, 2.05) is 18.2 Å². The molecule has 0 bridgehead atoms. The van der Waals surface area contributed by atoms with E-state index in [-0.39, 0.29) is 5.41 Å². The van der Waals surface area contributed by atoms with Crippen molar-refractivity contribution in [3.8, 4) is 0 Å². The molecule has 96 valence electrons. The van der Waals surface area contributed by atoms with Crippen molar-refractivity contribution >= 4 is 11.1 Å². The Kier molecular flexibility index (Phi) is 2.72. The van der Waals surface area contributed by atoms with Crippen molar-refractivity contribution in [2.45, 2.75) is 12.3 Å². The third kappa shape index (κ3) is 1.76. The van der Waals surface area contributed by atoms with Crippen molar-refractivity contribution in [3.05, 3.63) is 34.3 Å². The van der Waals surface area contributed by atoms with Gasteiger partial charge in [0.1, 0.15) is 0 Å². The van der Waals surface area contributed by atoms with Gasteiger partial charge in [0.25, 0.3) is 0 Å². The Bertz CT molecular complexity index is 610. The molecule has 0 amide bonds. The third-order valence-electron chi connectivity index (χ3n) is 3.50. The zero-order valence-electron chi connectivity index (χ0n) is 10.3. The molecule has 1 aliphatic rings. The lowest BCUT2D eigenvalue weighted by molar-refractivity contribution is -0.0587. The maximum Gasteiger partial charge on any atom is 0.417 e. The molecule has 2 heterocycles. The van der Waals surface area contributed by atoms with E-state index in [0.29, 0.717) is 18.8 Å². The summed E-state index contributed by atoms with van der Waals surface area (Å²) in [5, 5.41) is 3.37. The summed E-state index contributed by atoms with van der Waals surface area (Å²) in [5.41, 5.74) is 2.56. The number of H-pyrrole nitrogens is 1. The lowest BCUT2D eigenvalue weighted by Gasteiger charge is -2.42. The number of hydrogen-bond donors (Lipinski definition) is 2. The summed E-state index contributed by atoms with van der Waals surface area (Å²) >= 11 is 0. The highest BCUT2D eigenvalue weighted by molar-refractivity contribution is 5.73. The summed E-state index contributed by atoms with van der Waals surface area (Å²) in [4.78, 5) is 13.8. The molecule has 1 aromatic carbocycles. The average Bonchev–Trinajstić information content (AvgIpc) is 2.67. The Balaban J connectivity index is 1.99. The molecule has 2 aromatic rings. The van der Waals surface area contributed by atoms with Gasteiger partial charge >= 0.3 is 5.76 Å². The Morgan fingerprint density at radius 2 is 2.28 bits per heavy atom. The molecule has 1 aromatic heterocycles. The third-order valence-corrected chi connectivity index (χ3v) is 3.50. The van der Waals surface area contributed by atoms with Crippen LogP contribution in [0.3, 0.4) is 0 Å². The monoisotopic (exact) mass is 248 g/mol. The number of nitrogens with one attached hydrogen (secondary N) is 2. The number of rotatable bonds is 4. The Hall–Kier alpha value is -1.59. The topological polar surface area (TPSA) is 67.3 Å². The standard InChI is InChI=1S/C13H16N2O3/c1-2-14-6-13(7-17-8-13)9-3-4-11-10(5-9)15-12(16)18-11/h3-5,14H,2,6-8H2,1H3,(H,15,16). The highest BCUT2D eigenvalue weighted by Gasteiger charge is 2.40. The maximum absolute atomic E-state index is 11.1. The molecule has 18 heavy (non-hydrogen) atoms. The Labute approximate surface area is 104 Å². The number of fused-ring (bicyclic) bond motifs is 1. The number of benzene rings is 1. The van der Waals surface area contributed by atoms with E-state index >= 15 is 0 Å². The van der Waals surface area contributed by atoms with Gasteiger partial charge in [-0.2, -0.15) is 0 Å².